The number of amides is 2. The third-order valence-corrected chi connectivity index (χ3v) is 6.97. The Labute approximate surface area is 178 Å². The van der Waals surface area contributed by atoms with E-state index in [0.717, 1.165) is 23.0 Å². The molecule has 31 heavy (non-hydrogen) atoms. The molecule has 0 spiro atoms. The third kappa shape index (κ3) is 2.89. The molecular weight excluding hydrogens is 394 g/mol. The summed E-state index contributed by atoms with van der Waals surface area (Å²) < 4.78 is 1.87. The molecular formula is C23H23N5O3. The number of fused-ring (bicyclic) bond motifs is 5. The molecule has 0 aliphatic carbocycles. The van der Waals surface area contributed by atoms with Gasteiger partial charge in [-0.2, -0.15) is 5.10 Å². The SMILES string of the molecule is O=C([C@@H]1CC(=O)N(c2n[nH]c3ccccc23)C1)N1C[C@H]2C[C@@H](C1)c1cccc(=O)n1C2. The Morgan fingerprint density at radius 2 is 1.87 bits per heavy atom. The van der Waals surface area contributed by atoms with Gasteiger partial charge in [-0.1, -0.05) is 18.2 Å². The maximum Gasteiger partial charge on any atom is 0.250 e. The lowest BCUT2D eigenvalue weighted by Crippen LogP contribution is -2.50. The highest BCUT2D eigenvalue weighted by molar-refractivity contribution is 6.05. The van der Waals surface area contributed by atoms with Gasteiger partial charge in [0.15, 0.2) is 5.82 Å². The van der Waals surface area contributed by atoms with Crippen LogP contribution in [0.1, 0.15) is 24.5 Å². The lowest BCUT2D eigenvalue weighted by atomic mass is 9.82. The number of nitrogens with zero attached hydrogens (tertiary/aromatic N) is 4. The largest absolute Gasteiger partial charge is 0.341 e. The molecule has 3 atom stereocenters. The first kappa shape index (κ1) is 18.4. The number of aromatic amines is 1. The Kier molecular flexibility index (Phi) is 4.03. The molecule has 8 nitrogen and oxygen atoms in total. The smallest absolute Gasteiger partial charge is 0.250 e. The van der Waals surface area contributed by atoms with Crippen LogP contribution in [0.4, 0.5) is 5.82 Å². The van der Waals surface area contributed by atoms with Crippen LogP contribution in [0.2, 0.25) is 0 Å². The summed E-state index contributed by atoms with van der Waals surface area (Å²) >= 11 is 0. The zero-order valence-corrected chi connectivity index (χ0v) is 17.0. The van der Waals surface area contributed by atoms with Gasteiger partial charge in [0.2, 0.25) is 11.8 Å². The quantitative estimate of drug-likeness (QED) is 0.687. The van der Waals surface area contributed by atoms with Crippen LogP contribution in [-0.4, -0.2) is 51.1 Å². The lowest BCUT2D eigenvalue weighted by molar-refractivity contribution is -0.138. The predicted octanol–water partition coefficient (Wildman–Crippen LogP) is 1.72. The second-order valence-corrected chi connectivity index (χ2v) is 8.94. The fourth-order valence-electron chi connectivity index (χ4n) is 5.57. The highest BCUT2D eigenvalue weighted by Gasteiger charge is 2.42. The number of piperidine rings is 1. The van der Waals surface area contributed by atoms with Crippen molar-refractivity contribution in [3.8, 4) is 0 Å². The highest BCUT2D eigenvalue weighted by atomic mass is 16.2. The number of para-hydroxylation sites is 1. The van der Waals surface area contributed by atoms with Crippen LogP contribution >= 0.6 is 0 Å². The zero-order chi connectivity index (χ0) is 21.1. The Morgan fingerprint density at radius 1 is 1.00 bits per heavy atom. The maximum atomic E-state index is 13.4. The molecule has 3 aliphatic heterocycles. The van der Waals surface area contributed by atoms with E-state index in [4.69, 9.17) is 0 Å². The number of benzene rings is 1. The average molecular weight is 417 g/mol. The van der Waals surface area contributed by atoms with Crippen LogP contribution in [0.5, 0.6) is 0 Å². The minimum absolute atomic E-state index is 0.0373. The van der Waals surface area contributed by atoms with Gasteiger partial charge >= 0.3 is 0 Å². The Hall–Kier alpha value is -3.42. The second-order valence-electron chi connectivity index (χ2n) is 8.94. The van der Waals surface area contributed by atoms with Crippen LogP contribution in [0.15, 0.2) is 47.3 Å². The summed E-state index contributed by atoms with van der Waals surface area (Å²) in [5.41, 5.74) is 1.93. The summed E-state index contributed by atoms with van der Waals surface area (Å²) in [6, 6.07) is 13.1. The molecule has 0 saturated carbocycles. The number of rotatable bonds is 2. The van der Waals surface area contributed by atoms with Gasteiger partial charge in [-0.15, -0.1) is 0 Å². The van der Waals surface area contributed by atoms with E-state index in [1.807, 2.05) is 39.8 Å². The molecule has 2 fully saturated rings. The minimum Gasteiger partial charge on any atom is -0.341 e. The van der Waals surface area contributed by atoms with Crippen molar-refractivity contribution in [2.45, 2.75) is 25.3 Å². The van der Waals surface area contributed by atoms with Crippen LogP contribution in [0.25, 0.3) is 10.9 Å². The summed E-state index contributed by atoms with van der Waals surface area (Å²) in [6.07, 6.45) is 1.21. The first-order valence-electron chi connectivity index (χ1n) is 10.8. The van der Waals surface area contributed by atoms with Gasteiger partial charge in [-0.3, -0.25) is 24.4 Å². The fourth-order valence-corrected chi connectivity index (χ4v) is 5.57. The number of nitrogens with one attached hydrogen (secondary N) is 1. The van der Waals surface area contributed by atoms with Gasteiger partial charge in [0.05, 0.1) is 11.4 Å². The zero-order valence-electron chi connectivity index (χ0n) is 17.0. The molecule has 0 radical (unpaired) electrons. The molecule has 2 bridgehead atoms. The lowest BCUT2D eigenvalue weighted by Gasteiger charge is -2.43. The van der Waals surface area contributed by atoms with Gasteiger partial charge in [0, 0.05) is 55.7 Å². The van der Waals surface area contributed by atoms with E-state index in [1.165, 1.54) is 0 Å². The number of aromatic nitrogens is 3. The van der Waals surface area contributed by atoms with E-state index in [-0.39, 0.29) is 41.5 Å². The third-order valence-electron chi connectivity index (χ3n) is 6.97. The van der Waals surface area contributed by atoms with Crippen LogP contribution < -0.4 is 10.5 Å². The number of likely N-dealkylation sites (tertiary alicyclic amines) is 1. The molecule has 1 aromatic carbocycles. The van der Waals surface area contributed by atoms with Gasteiger partial charge in [0.1, 0.15) is 0 Å². The first-order valence-corrected chi connectivity index (χ1v) is 10.8. The molecule has 1 N–H and O–H groups in total. The molecule has 5 heterocycles. The van der Waals surface area contributed by atoms with Gasteiger partial charge in [0.25, 0.3) is 5.56 Å². The van der Waals surface area contributed by atoms with Gasteiger partial charge in [-0.25, -0.2) is 0 Å². The topological polar surface area (TPSA) is 91.3 Å². The van der Waals surface area contributed by atoms with E-state index < -0.39 is 0 Å². The van der Waals surface area contributed by atoms with Gasteiger partial charge < -0.3 is 9.47 Å². The number of pyridine rings is 1. The van der Waals surface area contributed by atoms with E-state index in [2.05, 4.69) is 10.2 Å². The molecule has 2 saturated heterocycles. The minimum atomic E-state index is -0.361. The van der Waals surface area contributed by atoms with Crippen molar-refractivity contribution < 1.29 is 9.59 Å². The molecule has 0 unspecified atom stereocenters. The highest BCUT2D eigenvalue weighted by Crippen LogP contribution is 2.37. The van der Waals surface area contributed by atoms with E-state index >= 15 is 0 Å². The standard InChI is InChI=1S/C23H23N5O3/c29-20-7-3-6-19-15-8-14(11-27(19)20)10-26(12-15)23(31)16-9-21(30)28(13-16)22-17-4-1-2-5-18(17)24-25-22/h1-7,14-16H,8-13H2,(H,24,25)/t14-,15+,16-/m1/s1. The Balaban J connectivity index is 1.22. The maximum absolute atomic E-state index is 13.4. The van der Waals surface area contributed by atoms with Crippen molar-refractivity contribution in [2.75, 3.05) is 24.5 Å². The molecule has 8 heteroatoms. The summed E-state index contributed by atoms with van der Waals surface area (Å²) in [5, 5.41) is 8.19. The van der Waals surface area contributed by atoms with E-state index in [1.54, 1.807) is 17.0 Å². The summed E-state index contributed by atoms with van der Waals surface area (Å²) in [7, 11) is 0. The van der Waals surface area contributed by atoms with Crippen molar-refractivity contribution in [3.63, 3.8) is 0 Å². The number of carbonyl (C=O) groups excluding carboxylic acids is 2. The Bertz CT molecular complexity index is 1260. The molecule has 2 amide bonds. The van der Waals surface area contributed by atoms with E-state index in [0.29, 0.717) is 32.0 Å². The molecule has 2 aromatic heterocycles. The van der Waals surface area contributed by atoms with Crippen molar-refractivity contribution in [1.82, 2.24) is 19.7 Å². The van der Waals surface area contributed by atoms with Crippen LogP contribution in [0, 0.1) is 11.8 Å². The Morgan fingerprint density at radius 3 is 2.77 bits per heavy atom. The van der Waals surface area contributed by atoms with E-state index in [9.17, 15) is 14.4 Å². The van der Waals surface area contributed by atoms with Crippen molar-refractivity contribution in [2.24, 2.45) is 11.8 Å². The summed E-state index contributed by atoms with van der Waals surface area (Å²) in [5.74, 6) is 0.661. The normalized spacial score (nSPS) is 25.2. The summed E-state index contributed by atoms with van der Waals surface area (Å²) in [6.45, 7) is 2.26. The van der Waals surface area contributed by atoms with Gasteiger partial charge in [-0.05, 0) is 30.5 Å². The number of hydrogen-bond donors (Lipinski definition) is 1. The molecule has 6 rings (SSSR count). The predicted molar refractivity (Wildman–Crippen MR) is 115 cm³/mol. The molecule has 158 valence electrons. The molecule has 3 aromatic rings. The second kappa shape index (κ2) is 6.80. The number of carbonyl (C=O) groups is 2. The van der Waals surface area contributed by atoms with Crippen molar-refractivity contribution in [3.05, 3.63) is 58.5 Å². The first-order chi connectivity index (χ1) is 15.1. The fraction of sp³-hybridized carbons (Fsp3) is 0.391. The summed E-state index contributed by atoms with van der Waals surface area (Å²) in [4.78, 5) is 41.9. The average Bonchev–Trinajstić information content (AvgIpc) is 3.37. The van der Waals surface area contributed by atoms with Crippen LogP contribution in [-0.2, 0) is 16.1 Å². The monoisotopic (exact) mass is 417 g/mol. The number of hydrogen-bond acceptors (Lipinski definition) is 4. The number of anilines is 1. The van der Waals surface area contributed by atoms with Crippen molar-refractivity contribution >= 4 is 28.5 Å². The van der Waals surface area contributed by atoms with Crippen LogP contribution in [0.3, 0.4) is 0 Å². The molecule has 3 aliphatic rings. The number of H-pyrrole nitrogens is 1. The van der Waals surface area contributed by atoms with Crippen molar-refractivity contribution in [1.29, 1.82) is 0 Å².